The Morgan fingerprint density at radius 3 is 2.04 bits per heavy atom. The van der Waals surface area contributed by atoms with E-state index in [1.54, 1.807) is 6.08 Å². The van der Waals surface area contributed by atoms with Crippen molar-refractivity contribution in [3.05, 3.63) is 89.0 Å². The Balaban J connectivity index is 0.000000161. The second-order valence-electron chi connectivity index (χ2n) is 7.74. The molecular formula is C26H28O2. The first-order chi connectivity index (χ1) is 13.5. The Morgan fingerprint density at radius 1 is 0.786 bits per heavy atom. The third kappa shape index (κ3) is 5.16. The van der Waals surface area contributed by atoms with Crippen LogP contribution in [0, 0.1) is 0 Å². The number of Topliss-reactive ketones (excluding diaryl/α,β-unsaturated/α-hetero) is 1. The summed E-state index contributed by atoms with van der Waals surface area (Å²) >= 11 is 0. The van der Waals surface area contributed by atoms with Gasteiger partial charge in [0.1, 0.15) is 5.78 Å². The average molecular weight is 373 g/mol. The molecule has 0 N–H and O–H groups in total. The van der Waals surface area contributed by atoms with Gasteiger partial charge in [-0.05, 0) is 55.9 Å². The summed E-state index contributed by atoms with van der Waals surface area (Å²) in [5.74, 6) is 0.738. The highest BCUT2D eigenvalue weighted by Crippen LogP contribution is 2.30. The summed E-state index contributed by atoms with van der Waals surface area (Å²) in [7, 11) is 0. The van der Waals surface area contributed by atoms with E-state index in [1.165, 1.54) is 22.3 Å². The van der Waals surface area contributed by atoms with E-state index < -0.39 is 0 Å². The molecule has 0 heterocycles. The normalized spacial score (nSPS) is 19.6. The maximum atomic E-state index is 11.7. The van der Waals surface area contributed by atoms with Gasteiger partial charge in [0.15, 0.2) is 5.78 Å². The van der Waals surface area contributed by atoms with Gasteiger partial charge in [0.25, 0.3) is 0 Å². The lowest BCUT2D eigenvalue weighted by atomic mass is 9.84. The smallest absolute Gasteiger partial charge is 0.163 e. The molecule has 0 amide bonds. The SMILES string of the molecule is CC1=C(c2ccccc2)CCC(=O)C1.CC1=CC(=O)C(c2ccccc2)CC1. The molecule has 2 aliphatic carbocycles. The first-order valence-electron chi connectivity index (χ1n) is 10.1. The van der Waals surface area contributed by atoms with Gasteiger partial charge in [0, 0.05) is 18.8 Å². The summed E-state index contributed by atoms with van der Waals surface area (Å²) < 4.78 is 0. The maximum absolute atomic E-state index is 11.7. The van der Waals surface area contributed by atoms with Crippen molar-refractivity contribution in [1.82, 2.24) is 0 Å². The van der Waals surface area contributed by atoms with E-state index in [2.05, 4.69) is 19.1 Å². The molecule has 0 saturated heterocycles. The zero-order valence-electron chi connectivity index (χ0n) is 16.8. The third-order valence-electron chi connectivity index (χ3n) is 5.51. The summed E-state index contributed by atoms with van der Waals surface area (Å²) in [4.78, 5) is 22.9. The van der Waals surface area contributed by atoms with Gasteiger partial charge in [0.2, 0.25) is 0 Å². The fourth-order valence-corrected chi connectivity index (χ4v) is 3.94. The Labute approximate surface area is 168 Å². The second kappa shape index (κ2) is 9.45. The molecule has 0 aromatic heterocycles. The number of ketones is 2. The van der Waals surface area contributed by atoms with Gasteiger partial charge in [-0.2, -0.15) is 0 Å². The van der Waals surface area contributed by atoms with Gasteiger partial charge in [-0.3, -0.25) is 9.59 Å². The Kier molecular flexibility index (Phi) is 6.76. The van der Waals surface area contributed by atoms with Crippen LogP contribution < -0.4 is 0 Å². The third-order valence-corrected chi connectivity index (χ3v) is 5.51. The van der Waals surface area contributed by atoms with E-state index in [9.17, 15) is 9.59 Å². The molecule has 2 heteroatoms. The highest BCUT2D eigenvalue weighted by molar-refractivity contribution is 5.96. The van der Waals surface area contributed by atoms with E-state index in [-0.39, 0.29) is 11.7 Å². The van der Waals surface area contributed by atoms with Gasteiger partial charge in [-0.15, -0.1) is 0 Å². The first kappa shape index (κ1) is 20.0. The lowest BCUT2D eigenvalue weighted by Gasteiger charge is -2.19. The molecular weight excluding hydrogens is 344 g/mol. The van der Waals surface area contributed by atoms with E-state index >= 15 is 0 Å². The minimum absolute atomic E-state index is 0.0971. The molecule has 28 heavy (non-hydrogen) atoms. The summed E-state index contributed by atoms with van der Waals surface area (Å²) in [6.45, 7) is 4.10. The second-order valence-corrected chi connectivity index (χ2v) is 7.74. The lowest BCUT2D eigenvalue weighted by Crippen LogP contribution is -2.14. The quantitative estimate of drug-likeness (QED) is 0.620. The fraction of sp³-hybridized carbons (Fsp3) is 0.308. The molecule has 1 atom stereocenters. The number of carbonyl (C=O) groups is 2. The molecule has 0 radical (unpaired) electrons. The highest BCUT2D eigenvalue weighted by atomic mass is 16.1. The van der Waals surface area contributed by atoms with E-state index in [1.807, 2.05) is 55.5 Å². The van der Waals surface area contributed by atoms with Crippen LogP contribution in [0.15, 0.2) is 77.9 Å². The average Bonchev–Trinajstić information content (AvgIpc) is 2.70. The van der Waals surface area contributed by atoms with Gasteiger partial charge in [-0.25, -0.2) is 0 Å². The molecule has 2 aromatic carbocycles. The zero-order valence-corrected chi connectivity index (χ0v) is 16.8. The number of hydrogen-bond acceptors (Lipinski definition) is 2. The van der Waals surface area contributed by atoms with Crippen LogP contribution in [0.5, 0.6) is 0 Å². The van der Waals surface area contributed by atoms with Gasteiger partial charge in [0.05, 0.1) is 0 Å². The fourth-order valence-electron chi connectivity index (χ4n) is 3.94. The van der Waals surface area contributed by atoms with Crippen LogP contribution in [0.1, 0.15) is 63.0 Å². The van der Waals surface area contributed by atoms with E-state index in [0.29, 0.717) is 18.6 Å². The van der Waals surface area contributed by atoms with E-state index in [4.69, 9.17) is 0 Å². The molecule has 0 aliphatic heterocycles. The molecule has 4 rings (SSSR count). The van der Waals surface area contributed by atoms with Crippen LogP contribution in [0.25, 0.3) is 5.57 Å². The standard InChI is InChI=1S/2C13H14O/c1-10-9-12(14)7-8-13(10)11-5-3-2-4-6-11;1-10-7-8-12(13(14)9-10)11-5-3-2-4-6-11/h2-6H,7-9H2,1H3;2-6,9,12H,7-8H2,1H3. The summed E-state index contributed by atoms with van der Waals surface area (Å²) in [5, 5.41) is 0. The summed E-state index contributed by atoms with van der Waals surface area (Å²) in [5.41, 5.74) is 6.25. The van der Waals surface area contributed by atoms with Crippen molar-refractivity contribution in [3.8, 4) is 0 Å². The van der Waals surface area contributed by atoms with Crippen molar-refractivity contribution in [2.75, 3.05) is 0 Å². The van der Waals surface area contributed by atoms with Crippen molar-refractivity contribution in [2.45, 2.75) is 51.9 Å². The van der Waals surface area contributed by atoms with Gasteiger partial charge in [-0.1, -0.05) is 71.8 Å². The number of benzene rings is 2. The van der Waals surface area contributed by atoms with Crippen molar-refractivity contribution >= 4 is 17.1 Å². The van der Waals surface area contributed by atoms with E-state index in [0.717, 1.165) is 24.8 Å². The molecule has 2 aromatic rings. The number of carbonyl (C=O) groups excluding carboxylic acids is 2. The van der Waals surface area contributed by atoms with Gasteiger partial charge < -0.3 is 0 Å². The van der Waals surface area contributed by atoms with Crippen molar-refractivity contribution in [3.63, 3.8) is 0 Å². The maximum Gasteiger partial charge on any atom is 0.163 e. The molecule has 0 bridgehead atoms. The van der Waals surface area contributed by atoms with Crippen LogP contribution in [0.3, 0.4) is 0 Å². The first-order valence-corrected chi connectivity index (χ1v) is 10.1. The van der Waals surface area contributed by atoms with Crippen LogP contribution >= 0.6 is 0 Å². The monoisotopic (exact) mass is 372 g/mol. The predicted molar refractivity (Wildman–Crippen MR) is 115 cm³/mol. The summed E-state index contributed by atoms with van der Waals surface area (Å²) in [6, 6.07) is 20.4. The minimum atomic E-state index is 0.0971. The molecule has 2 aliphatic rings. The highest BCUT2D eigenvalue weighted by Gasteiger charge is 2.22. The summed E-state index contributed by atoms with van der Waals surface area (Å²) in [6.07, 6.45) is 6.07. The van der Waals surface area contributed by atoms with Crippen LogP contribution in [-0.2, 0) is 9.59 Å². The Morgan fingerprint density at radius 2 is 1.43 bits per heavy atom. The van der Waals surface area contributed by atoms with Crippen molar-refractivity contribution in [1.29, 1.82) is 0 Å². The van der Waals surface area contributed by atoms with Crippen LogP contribution in [0.4, 0.5) is 0 Å². The molecule has 0 fully saturated rings. The lowest BCUT2D eigenvalue weighted by molar-refractivity contribution is -0.118. The van der Waals surface area contributed by atoms with Crippen molar-refractivity contribution in [2.24, 2.45) is 0 Å². The number of rotatable bonds is 2. The molecule has 2 nitrogen and oxygen atoms in total. The molecule has 1 unspecified atom stereocenters. The predicted octanol–water partition coefficient (Wildman–Crippen LogP) is 6.29. The number of hydrogen-bond donors (Lipinski definition) is 0. The zero-order chi connectivity index (χ0) is 19.9. The minimum Gasteiger partial charge on any atom is -0.299 e. The number of allylic oxidation sites excluding steroid dienone is 4. The van der Waals surface area contributed by atoms with Gasteiger partial charge >= 0.3 is 0 Å². The molecule has 0 saturated carbocycles. The molecule has 144 valence electrons. The topological polar surface area (TPSA) is 34.1 Å². The van der Waals surface area contributed by atoms with Crippen LogP contribution in [0.2, 0.25) is 0 Å². The molecule has 0 spiro atoms. The Bertz CT molecular complexity index is 889. The largest absolute Gasteiger partial charge is 0.299 e. The van der Waals surface area contributed by atoms with Crippen LogP contribution in [-0.4, -0.2) is 11.6 Å². The van der Waals surface area contributed by atoms with Crippen molar-refractivity contribution < 1.29 is 9.59 Å². The Hall–Kier alpha value is -2.74.